The van der Waals surface area contributed by atoms with Crippen molar-refractivity contribution in [2.75, 3.05) is 13.1 Å². The number of nitrogens with zero attached hydrogens (tertiary/aromatic N) is 1. The van der Waals surface area contributed by atoms with Crippen LogP contribution in [0.2, 0.25) is 0 Å². The molecule has 90 valence electrons. The predicted molar refractivity (Wildman–Crippen MR) is 65.6 cm³/mol. The van der Waals surface area contributed by atoms with Crippen molar-refractivity contribution in [1.82, 2.24) is 10.6 Å². The van der Waals surface area contributed by atoms with Gasteiger partial charge in [0, 0.05) is 25.0 Å². The van der Waals surface area contributed by atoms with Crippen molar-refractivity contribution in [3.8, 4) is 0 Å². The highest BCUT2D eigenvalue weighted by Crippen LogP contribution is 2.40. The highest BCUT2D eigenvalue weighted by molar-refractivity contribution is 5.81. The van der Waals surface area contributed by atoms with E-state index in [9.17, 15) is 4.39 Å². The third-order valence-electron chi connectivity index (χ3n) is 3.29. The maximum absolute atomic E-state index is 13.1. The number of nitrogens with one attached hydrogen (secondary N) is 2. The van der Waals surface area contributed by atoms with Crippen LogP contribution >= 0.6 is 0 Å². The highest BCUT2D eigenvalue weighted by Gasteiger charge is 2.39. The van der Waals surface area contributed by atoms with Gasteiger partial charge in [-0.25, -0.2) is 4.39 Å². The molecule has 3 rings (SSSR count). The van der Waals surface area contributed by atoms with E-state index < -0.39 is 0 Å². The van der Waals surface area contributed by atoms with Crippen LogP contribution in [0.15, 0.2) is 29.3 Å². The summed E-state index contributed by atoms with van der Waals surface area (Å²) in [6, 6.07) is 7.28. The molecule has 0 spiro atoms. The molecule has 1 aliphatic heterocycles. The van der Waals surface area contributed by atoms with Crippen LogP contribution in [-0.4, -0.2) is 25.1 Å². The average molecular weight is 233 g/mol. The molecule has 0 unspecified atom stereocenters. The van der Waals surface area contributed by atoms with Crippen LogP contribution in [0.3, 0.4) is 0 Å². The van der Waals surface area contributed by atoms with E-state index in [0.717, 1.165) is 37.5 Å². The largest absolute Gasteiger partial charge is 0.356 e. The molecule has 1 aromatic rings. The quantitative estimate of drug-likeness (QED) is 0.814. The summed E-state index contributed by atoms with van der Waals surface area (Å²) in [4.78, 5) is 4.38. The lowest BCUT2D eigenvalue weighted by molar-refractivity contribution is 0.625. The first-order valence-corrected chi connectivity index (χ1v) is 6.13. The van der Waals surface area contributed by atoms with Crippen LogP contribution in [0.1, 0.15) is 24.3 Å². The Morgan fingerprint density at radius 3 is 3.12 bits per heavy atom. The summed E-state index contributed by atoms with van der Waals surface area (Å²) in [5.74, 6) is 1.18. The fraction of sp³-hybridized carbons (Fsp3) is 0.462. The van der Waals surface area contributed by atoms with E-state index in [0.29, 0.717) is 12.0 Å². The Labute approximate surface area is 100 Å². The van der Waals surface area contributed by atoms with Gasteiger partial charge in [-0.15, -0.1) is 0 Å². The Bertz CT molecular complexity index is 444. The number of halogens is 1. The van der Waals surface area contributed by atoms with Crippen molar-refractivity contribution in [1.29, 1.82) is 0 Å². The molecule has 2 N–H and O–H groups in total. The van der Waals surface area contributed by atoms with Gasteiger partial charge in [0.1, 0.15) is 5.82 Å². The van der Waals surface area contributed by atoms with Crippen LogP contribution in [0, 0.1) is 5.82 Å². The van der Waals surface area contributed by atoms with Gasteiger partial charge in [-0.3, -0.25) is 4.99 Å². The monoisotopic (exact) mass is 233 g/mol. The minimum absolute atomic E-state index is 0.152. The molecule has 1 aromatic carbocycles. The minimum Gasteiger partial charge on any atom is -0.356 e. The lowest BCUT2D eigenvalue weighted by Crippen LogP contribution is -2.42. The zero-order valence-corrected chi connectivity index (χ0v) is 9.62. The van der Waals surface area contributed by atoms with Crippen molar-refractivity contribution in [3.05, 3.63) is 35.6 Å². The fourth-order valence-corrected chi connectivity index (χ4v) is 2.27. The van der Waals surface area contributed by atoms with Gasteiger partial charge in [0.2, 0.25) is 0 Å². The summed E-state index contributed by atoms with van der Waals surface area (Å²) >= 11 is 0. The van der Waals surface area contributed by atoms with E-state index in [2.05, 4.69) is 15.6 Å². The summed E-state index contributed by atoms with van der Waals surface area (Å²) in [6.45, 7) is 1.88. The molecule has 1 aliphatic carbocycles. The van der Waals surface area contributed by atoms with E-state index in [-0.39, 0.29) is 5.82 Å². The molecule has 2 atom stereocenters. The third-order valence-corrected chi connectivity index (χ3v) is 3.29. The predicted octanol–water partition coefficient (Wildman–Crippen LogP) is 1.62. The van der Waals surface area contributed by atoms with E-state index in [1.165, 1.54) is 6.07 Å². The van der Waals surface area contributed by atoms with Gasteiger partial charge in [-0.2, -0.15) is 0 Å². The molecule has 1 heterocycles. The molecule has 0 bridgehead atoms. The lowest BCUT2D eigenvalue weighted by atomic mass is 10.1. The third kappa shape index (κ3) is 2.40. The first kappa shape index (κ1) is 10.6. The number of benzene rings is 1. The molecular weight excluding hydrogens is 217 g/mol. The highest BCUT2D eigenvalue weighted by atomic mass is 19.1. The molecule has 2 aliphatic rings. The Kier molecular flexibility index (Phi) is 2.71. The number of guanidine groups is 1. The van der Waals surface area contributed by atoms with E-state index in [1.807, 2.05) is 6.07 Å². The standard InChI is InChI=1S/C13H16FN3/c14-10-4-1-3-9(7-10)11-8-12(11)17-13-15-5-2-6-16-13/h1,3-4,7,11-12H,2,5-6,8H2,(H2,15,16,17)/t11-,12+/m0/s1. The molecule has 1 saturated carbocycles. The summed E-state index contributed by atoms with van der Waals surface area (Å²) in [5.41, 5.74) is 1.08. The van der Waals surface area contributed by atoms with Crippen LogP contribution in [0.25, 0.3) is 0 Å². The van der Waals surface area contributed by atoms with Crippen LogP contribution in [0.5, 0.6) is 0 Å². The number of hydrogen-bond donors (Lipinski definition) is 2. The second-order valence-corrected chi connectivity index (χ2v) is 4.66. The Balaban J connectivity index is 1.61. The maximum atomic E-state index is 13.1. The average Bonchev–Trinajstić information content (AvgIpc) is 3.10. The van der Waals surface area contributed by atoms with Gasteiger partial charge < -0.3 is 10.6 Å². The van der Waals surface area contributed by atoms with Gasteiger partial charge in [-0.05, 0) is 30.5 Å². The van der Waals surface area contributed by atoms with E-state index >= 15 is 0 Å². The van der Waals surface area contributed by atoms with Gasteiger partial charge in [0.05, 0.1) is 0 Å². The number of hydrogen-bond acceptors (Lipinski definition) is 3. The Hall–Kier alpha value is -1.58. The number of rotatable bonds is 2. The van der Waals surface area contributed by atoms with Gasteiger partial charge in [-0.1, -0.05) is 12.1 Å². The van der Waals surface area contributed by atoms with Gasteiger partial charge in [0.15, 0.2) is 5.96 Å². The molecule has 4 heteroatoms. The molecular formula is C13H16FN3. The SMILES string of the molecule is Fc1cccc([C@@H]2C[C@H]2NC2=NCCCN2)c1. The summed E-state index contributed by atoms with van der Waals surface area (Å²) in [6.07, 6.45) is 2.16. The Morgan fingerprint density at radius 2 is 2.35 bits per heavy atom. The summed E-state index contributed by atoms with van der Waals surface area (Å²) < 4.78 is 13.1. The summed E-state index contributed by atoms with van der Waals surface area (Å²) in [5, 5.41) is 6.62. The van der Waals surface area contributed by atoms with Crippen molar-refractivity contribution in [3.63, 3.8) is 0 Å². The van der Waals surface area contributed by atoms with Crippen molar-refractivity contribution in [2.24, 2.45) is 4.99 Å². The first-order chi connectivity index (χ1) is 8.33. The van der Waals surface area contributed by atoms with Gasteiger partial charge in [0.25, 0.3) is 0 Å². The van der Waals surface area contributed by atoms with Crippen LogP contribution in [-0.2, 0) is 0 Å². The maximum Gasteiger partial charge on any atom is 0.191 e. The number of aliphatic imine (C=N–C) groups is 1. The van der Waals surface area contributed by atoms with Gasteiger partial charge >= 0.3 is 0 Å². The fourth-order valence-electron chi connectivity index (χ4n) is 2.27. The molecule has 0 aromatic heterocycles. The van der Waals surface area contributed by atoms with Crippen molar-refractivity contribution < 1.29 is 4.39 Å². The summed E-state index contributed by atoms with van der Waals surface area (Å²) in [7, 11) is 0. The van der Waals surface area contributed by atoms with Crippen molar-refractivity contribution >= 4 is 5.96 Å². The van der Waals surface area contributed by atoms with E-state index in [1.54, 1.807) is 12.1 Å². The molecule has 0 radical (unpaired) electrons. The second-order valence-electron chi connectivity index (χ2n) is 4.66. The van der Waals surface area contributed by atoms with Crippen molar-refractivity contribution in [2.45, 2.75) is 24.8 Å². The molecule has 0 amide bonds. The zero-order valence-electron chi connectivity index (χ0n) is 9.62. The topological polar surface area (TPSA) is 36.4 Å². The molecule has 1 fully saturated rings. The lowest BCUT2D eigenvalue weighted by Gasteiger charge is -2.16. The molecule has 0 saturated heterocycles. The first-order valence-electron chi connectivity index (χ1n) is 6.13. The molecule has 3 nitrogen and oxygen atoms in total. The second kappa shape index (κ2) is 4.35. The van der Waals surface area contributed by atoms with Crippen LogP contribution < -0.4 is 10.6 Å². The van der Waals surface area contributed by atoms with Crippen LogP contribution in [0.4, 0.5) is 4.39 Å². The normalized spacial score (nSPS) is 27.0. The smallest absolute Gasteiger partial charge is 0.191 e. The molecule has 17 heavy (non-hydrogen) atoms. The minimum atomic E-state index is -0.152. The zero-order chi connectivity index (χ0) is 11.7. The Morgan fingerprint density at radius 1 is 1.41 bits per heavy atom. The van der Waals surface area contributed by atoms with E-state index in [4.69, 9.17) is 0 Å².